The third-order valence-electron chi connectivity index (χ3n) is 5.16. The van der Waals surface area contributed by atoms with Crippen molar-refractivity contribution in [2.24, 2.45) is 21.6 Å². The number of ether oxygens (including phenoxy) is 1. The Hall–Kier alpha value is -2.87. The molecule has 2 aliphatic heterocycles. The molecular weight excluding hydrogens is 416 g/mol. The van der Waals surface area contributed by atoms with Crippen molar-refractivity contribution in [1.82, 2.24) is 15.5 Å². The SMILES string of the molecule is CC1=C/C=C/CCN(CC2CC2)C\C=C\1.CCCCOC1=NC(C)=NCC(=O)N/C=C(\N)N1. The van der Waals surface area contributed by atoms with Gasteiger partial charge in [0.25, 0.3) is 6.02 Å². The molecule has 1 aliphatic carbocycles. The van der Waals surface area contributed by atoms with E-state index >= 15 is 0 Å². The lowest BCUT2D eigenvalue weighted by molar-refractivity contribution is -0.118. The van der Waals surface area contributed by atoms with Gasteiger partial charge < -0.3 is 15.8 Å². The first-order valence-electron chi connectivity index (χ1n) is 11.9. The maximum atomic E-state index is 11.3. The second-order valence-electron chi connectivity index (χ2n) is 8.51. The molecule has 1 amide bonds. The van der Waals surface area contributed by atoms with Crippen molar-refractivity contribution >= 4 is 17.8 Å². The highest BCUT2D eigenvalue weighted by atomic mass is 16.5. The van der Waals surface area contributed by atoms with Gasteiger partial charge in [0.05, 0.1) is 6.61 Å². The Bertz CT molecular complexity index is 806. The van der Waals surface area contributed by atoms with Crippen molar-refractivity contribution in [3.8, 4) is 0 Å². The molecule has 4 N–H and O–H groups in total. The average molecular weight is 457 g/mol. The average Bonchev–Trinajstić information content (AvgIpc) is 3.60. The molecule has 8 heteroatoms. The lowest BCUT2D eigenvalue weighted by Crippen LogP contribution is -2.34. The molecule has 0 bridgehead atoms. The summed E-state index contributed by atoms with van der Waals surface area (Å²) in [6.45, 7) is 10.1. The van der Waals surface area contributed by atoms with Gasteiger partial charge in [-0.15, -0.1) is 0 Å². The number of hydrogen-bond donors (Lipinski definition) is 3. The highest BCUT2D eigenvalue weighted by molar-refractivity contribution is 5.94. The zero-order chi connectivity index (χ0) is 23.9. The number of amides is 1. The van der Waals surface area contributed by atoms with E-state index < -0.39 is 0 Å². The smallest absolute Gasteiger partial charge is 0.296 e. The minimum Gasteiger partial charge on any atom is -0.465 e. The third-order valence-corrected chi connectivity index (χ3v) is 5.16. The fourth-order valence-electron chi connectivity index (χ4n) is 3.08. The molecule has 0 spiro atoms. The molecule has 8 nitrogen and oxygen atoms in total. The van der Waals surface area contributed by atoms with Gasteiger partial charge in [0.15, 0.2) is 0 Å². The van der Waals surface area contributed by atoms with Crippen molar-refractivity contribution in [2.75, 3.05) is 32.8 Å². The van der Waals surface area contributed by atoms with Gasteiger partial charge in [0.2, 0.25) is 5.91 Å². The first kappa shape index (κ1) is 26.4. The van der Waals surface area contributed by atoms with Crippen LogP contribution < -0.4 is 16.4 Å². The van der Waals surface area contributed by atoms with E-state index in [9.17, 15) is 4.79 Å². The van der Waals surface area contributed by atoms with E-state index in [1.165, 1.54) is 44.1 Å². The van der Waals surface area contributed by atoms with Crippen molar-refractivity contribution < 1.29 is 9.53 Å². The fourth-order valence-corrected chi connectivity index (χ4v) is 3.08. The number of carbonyl (C=O) groups excluding carboxylic acids is 1. The predicted octanol–water partition coefficient (Wildman–Crippen LogP) is 3.22. The molecule has 1 fully saturated rings. The van der Waals surface area contributed by atoms with E-state index in [1.807, 2.05) is 0 Å². The molecular formula is C25H40N6O2. The number of nitrogens with one attached hydrogen (secondary N) is 2. The highest BCUT2D eigenvalue weighted by Gasteiger charge is 2.23. The van der Waals surface area contributed by atoms with Crippen LogP contribution in [0.4, 0.5) is 0 Å². The number of aliphatic imine (C=N–C) groups is 2. The summed E-state index contributed by atoms with van der Waals surface area (Å²) in [5.41, 5.74) is 7.01. The van der Waals surface area contributed by atoms with Crippen LogP contribution in [0.1, 0.15) is 52.9 Å². The summed E-state index contributed by atoms with van der Waals surface area (Å²) in [5.74, 6) is 1.47. The van der Waals surface area contributed by atoms with E-state index in [4.69, 9.17) is 10.5 Å². The fraction of sp³-hybridized carbons (Fsp3) is 0.560. The van der Waals surface area contributed by atoms with Crippen LogP contribution in [-0.2, 0) is 9.53 Å². The summed E-state index contributed by atoms with van der Waals surface area (Å²) in [7, 11) is 0. The molecule has 33 heavy (non-hydrogen) atoms. The molecule has 3 rings (SSSR count). The summed E-state index contributed by atoms with van der Waals surface area (Å²) in [5, 5.41) is 5.27. The van der Waals surface area contributed by atoms with Crippen molar-refractivity contribution in [1.29, 1.82) is 0 Å². The number of unbranched alkanes of at least 4 members (excludes halogenated alkanes) is 1. The van der Waals surface area contributed by atoms with Crippen LogP contribution in [-0.4, -0.2) is 55.5 Å². The molecule has 1 saturated carbocycles. The first-order chi connectivity index (χ1) is 16.0. The van der Waals surface area contributed by atoms with Crippen molar-refractivity contribution in [3.63, 3.8) is 0 Å². The lowest BCUT2D eigenvalue weighted by Gasteiger charge is -2.19. The number of allylic oxidation sites excluding steroid dienone is 4. The summed E-state index contributed by atoms with van der Waals surface area (Å²) in [4.78, 5) is 22.0. The Morgan fingerprint density at radius 2 is 2.09 bits per heavy atom. The normalized spacial score (nSPS) is 25.1. The van der Waals surface area contributed by atoms with Gasteiger partial charge in [-0.3, -0.25) is 20.0 Å². The highest BCUT2D eigenvalue weighted by Crippen LogP contribution is 2.29. The molecule has 0 radical (unpaired) electrons. The van der Waals surface area contributed by atoms with Gasteiger partial charge in [0, 0.05) is 25.8 Å². The maximum Gasteiger partial charge on any atom is 0.296 e. The van der Waals surface area contributed by atoms with E-state index in [0.29, 0.717) is 12.4 Å². The van der Waals surface area contributed by atoms with Crippen LogP contribution in [0.25, 0.3) is 0 Å². The molecule has 3 aliphatic rings. The minimum atomic E-state index is -0.246. The van der Waals surface area contributed by atoms with Crippen LogP contribution in [0, 0.1) is 5.92 Å². The molecule has 0 aromatic carbocycles. The summed E-state index contributed by atoms with van der Waals surface area (Å²) in [6.07, 6.45) is 18.6. The van der Waals surface area contributed by atoms with Gasteiger partial charge in [0.1, 0.15) is 18.2 Å². The zero-order valence-corrected chi connectivity index (χ0v) is 20.3. The van der Waals surface area contributed by atoms with Crippen molar-refractivity contribution in [2.45, 2.75) is 52.9 Å². The summed E-state index contributed by atoms with van der Waals surface area (Å²) in [6, 6.07) is 0.287. The quantitative estimate of drug-likeness (QED) is 0.551. The molecule has 0 atom stereocenters. The van der Waals surface area contributed by atoms with E-state index in [0.717, 1.165) is 25.3 Å². The van der Waals surface area contributed by atoms with Crippen LogP contribution in [0.3, 0.4) is 0 Å². The summed E-state index contributed by atoms with van der Waals surface area (Å²) >= 11 is 0. The van der Waals surface area contributed by atoms with Gasteiger partial charge in [-0.2, -0.15) is 4.99 Å². The number of nitrogens with two attached hydrogens (primary N) is 1. The topological polar surface area (TPSA) is 104 Å². The first-order valence-corrected chi connectivity index (χ1v) is 11.9. The third kappa shape index (κ3) is 12.7. The number of carbonyl (C=O) groups is 1. The van der Waals surface area contributed by atoms with Crippen LogP contribution in [0.2, 0.25) is 0 Å². The number of nitrogens with zero attached hydrogens (tertiary/aromatic N) is 3. The Morgan fingerprint density at radius 1 is 1.27 bits per heavy atom. The van der Waals surface area contributed by atoms with Crippen LogP contribution in [0.5, 0.6) is 0 Å². The van der Waals surface area contributed by atoms with Gasteiger partial charge >= 0.3 is 0 Å². The monoisotopic (exact) mass is 456 g/mol. The Labute approximate surface area is 198 Å². The molecule has 0 aromatic rings. The van der Waals surface area contributed by atoms with Gasteiger partial charge in [-0.25, -0.2) is 0 Å². The Morgan fingerprint density at radius 3 is 2.85 bits per heavy atom. The molecule has 182 valence electrons. The predicted molar refractivity (Wildman–Crippen MR) is 136 cm³/mol. The minimum absolute atomic E-state index is 0.0152. The standard InChI is InChI=1S/C14H21N.C11H19N5O2/c1-13-6-3-2-4-10-15(11-5-7-13)12-14-8-9-14;1-3-4-5-18-11-15-8(2)13-7-10(17)14-6-9(12)16-11/h2-3,5-7,14H,4,8-12H2,1H3;6H,3-5,7,12H2,1-2H3,(H,14,17)(H,13,15,16)/b3-2+,7-5+,13-6-;9-6+. The zero-order valence-electron chi connectivity index (χ0n) is 20.3. The van der Waals surface area contributed by atoms with Gasteiger partial charge in [-0.05, 0) is 45.4 Å². The van der Waals surface area contributed by atoms with E-state index in [-0.39, 0.29) is 24.3 Å². The second kappa shape index (κ2) is 15.1. The number of amidine groups is 2. The number of rotatable bonds is 5. The maximum absolute atomic E-state index is 11.3. The second-order valence-corrected chi connectivity index (χ2v) is 8.51. The molecule has 0 aromatic heterocycles. The van der Waals surface area contributed by atoms with Crippen LogP contribution >= 0.6 is 0 Å². The van der Waals surface area contributed by atoms with Gasteiger partial charge in [-0.1, -0.05) is 49.3 Å². The van der Waals surface area contributed by atoms with Crippen LogP contribution in [0.15, 0.2) is 58.0 Å². The molecule has 0 saturated heterocycles. The summed E-state index contributed by atoms with van der Waals surface area (Å²) < 4.78 is 5.45. The molecule has 0 unspecified atom stereocenters. The largest absolute Gasteiger partial charge is 0.465 e. The Kier molecular flexibility index (Phi) is 12.0. The van der Waals surface area contributed by atoms with E-state index in [2.05, 4.69) is 69.7 Å². The van der Waals surface area contributed by atoms with Crippen molar-refractivity contribution in [3.05, 3.63) is 48.0 Å². The molecule has 2 heterocycles. The Balaban J connectivity index is 0.000000237. The van der Waals surface area contributed by atoms with E-state index in [1.54, 1.807) is 6.92 Å². The lowest BCUT2D eigenvalue weighted by atomic mass is 10.2. The number of hydrogen-bond acceptors (Lipinski definition) is 7.